The Labute approximate surface area is 114 Å². The Morgan fingerprint density at radius 3 is 2.65 bits per heavy atom. The molecule has 0 saturated heterocycles. The molecule has 0 aliphatic rings. The number of pyridine rings is 1. The number of nitrogens with one attached hydrogen (secondary N) is 1. The van der Waals surface area contributed by atoms with E-state index in [1.54, 1.807) is 47.0 Å². The highest BCUT2D eigenvalue weighted by Gasteiger charge is 2.19. The van der Waals surface area contributed by atoms with E-state index in [9.17, 15) is 9.90 Å². The highest BCUT2D eigenvalue weighted by molar-refractivity contribution is 5.93. The lowest BCUT2D eigenvalue weighted by Gasteiger charge is -2.10. The third-order valence-corrected chi connectivity index (χ3v) is 2.91. The van der Waals surface area contributed by atoms with Crippen LogP contribution in [0.4, 0.5) is 5.95 Å². The monoisotopic (exact) mass is 268 g/mol. The van der Waals surface area contributed by atoms with Gasteiger partial charge in [-0.2, -0.15) is 0 Å². The van der Waals surface area contributed by atoms with Gasteiger partial charge in [0.1, 0.15) is 0 Å². The minimum absolute atomic E-state index is 0.278. The third-order valence-electron chi connectivity index (χ3n) is 2.91. The number of aliphatic hydroxyl groups excluding tert-OH is 1. The zero-order valence-electron chi connectivity index (χ0n) is 10.5. The summed E-state index contributed by atoms with van der Waals surface area (Å²) >= 11 is 0. The lowest BCUT2D eigenvalue weighted by molar-refractivity contribution is -0.124. The van der Waals surface area contributed by atoms with E-state index in [4.69, 9.17) is 0 Å². The molecule has 1 atom stereocenters. The van der Waals surface area contributed by atoms with Crippen molar-refractivity contribution in [3.8, 4) is 0 Å². The number of anilines is 1. The molecule has 6 heteroatoms. The molecule has 0 radical (unpaired) electrons. The summed E-state index contributed by atoms with van der Waals surface area (Å²) in [4.78, 5) is 12.0. The maximum absolute atomic E-state index is 12.0. The molecule has 0 spiro atoms. The molecule has 20 heavy (non-hydrogen) atoms. The summed E-state index contributed by atoms with van der Waals surface area (Å²) in [6.45, 7) is 0. The number of fused-ring (bicyclic) bond motifs is 1. The lowest BCUT2D eigenvalue weighted by atomic mass is 10.1. The molecule has 6 nitrogen and oxygen atoms in total. The maximum Gasteiger partial charge on any atom is 0.260 e. The molecule has 100 valence electrons. The Hall–Kier alpha value is -2.73. The van der Waals surface area contributed by atoms with E-state index < -0.39 is 12.0 Å². The smallest absolute Gasteiger partial charge is 0.260 e. The molecule has 3 aromatic rings. The number of hydrogen-bond donors (Lipinski definition) is 2. The van der Waals surface area contributed by atoms with Gasteiger partial charge in [0.15, 0.2) is 11.8 Å². The van der Waals surface area contributed by atoms with Crippen molar-refractivity contribution in [3.63, 3.8) is 0 Å². The molecule has 0 aliphatic carbocycles. The Morgan fingerprint density at radius 2 is 1.85 bits per heavy atom. The molecular formula is C14H12N4O2. The van der Waals surface area contributed by atoms with E-state index in [0.29, 0.717) is 11.2 Å². The van der Waals surface area contributed by atoms with Crippen molar-refractivity contribution in [3.05, 3.63) is 60.3 Å². The van der Waals surface area contributed by atoms with Gasteiger partial charge in [-0.3, -0.25) is 14.5 Å². The van der Waals surface area contributed by atoms with Gasteiger partial charge in [0, 0.05) is 6.20 Å². The number of amides is 1. The fraction of sp³-hybridized carbons (Fsp3) is 0.0714. The van der Waals surface area contributed by atoms with E-state index in [0.717, 1.165) is 0 Å². The van der Waals surface area contributed by atoms with Gasteiger partial charge in [0.25, 0.3) is 5.91 Å². The van der Waals surface area contributed by atoms with Crippen molar-refractivity contribution in [1.82, 2.24) is 14.6 Å². The number of benzene rings is 1. The van der Waals surface area contributed by atoms with Gasteiger partial charge in [-0.25, -0.2) is 0 Å². The third kappa shape index (κ3) is 2.24. The van der Waals surface area contributed by atoms with Crippen molar-refractivity contribution < 1.29 is 9.90 Å². The van der Waals surface area contributed by atoms with Crippen LogP contribution in [0, 0.1) is 0 Å². The second kappa shape index (κ2) is 5.10. The van der Waals surface area contributed by atoms with Crippen molar-refractivity contribution in [2.24, 2.45) is 0 Å². The fourth-order valence-electron chi connectivity index (χ4n) is 1.89. The van der Waals surface area contributed by atoms with Crippen LogP contribution < -0.4 is 5.32 Å². The second-order valence-corrected chi connectivity index (χ2v) is 4.25. The fourth-order valence-corrected chi connectivity index (χ4v) is 1.89. The molecule has 1 amide bonds. The number of nitrogens with zero attached hydrogens (tertiary/aromatic N) is 3. The van der Waals surface area contributed by atoms with Gasteiger partial charge in [-0.1, -0.05) is 36.4 Å². The van der Waals surface area contributed by atoms with Crippen LogP contribution in [-0.2, 0) is 4.79 Å². The van der Waals surface area contributed by atoms with Gasteiger partial charge in [0.2, 0.25) is 5.95 Å². The molecule has 2 N–H and O–H groups in total. The van der Waals surface area contributed by atoms with E-state index in [1.807, 2.05) is 12.1 Å². The summed E-state index contributed by atoms with van der Waals surface area (Å²) in [5.74, 6) is -0.269. The summed E-state index contributed by atoms with van der Waals surface area (Å²) in [5, 5.41) is 20.4. The molecule has 2 heterocycles. The van der Waals surface area contributed by atoms with Crippen LogP contribution in [0.15, 0.2) is 54.7 Å². The summed E-state index contributed by atoms with van der Waals surface area (Å²) < 4.78 is 1.63. The predicted molar refractivity (Wildman–Crippen MR) is 73.0 cm³/mol. The first kappa shape index (κ1) is 12.3. The average Bonchev–Trinajstić information content (AvgIpc) is 2.91. The topological polar surface area (TPSA) is 79.5 Å². The molecule has 0 bridgehead atoms. The molecule has 1 aromatic carbocycles. The summed E-state index contributed by atoms with van der Waals surface area (Å²) in [6, 6.07) is 14.1. The zero-order chi connectivity index (χ0) is 13.9. The van der Waals surface area contributed by atoms with Crippen molar-refractivity contribution in [2.45, 2.75) is 6.10 Å². The van der Waals surface area contributed by atoms with Crippen LogP contribution in [0.25, 0.3) is 5.65 Å². The molecule has 0 fully saturated rings. The lowest BCUT2D eigenvalue weighted by Crippen LogP contribution is -2.22. The first-order valence-electron chi connectivity index (χ1n) is 6.09. The number of rotatable bonds is 3. The Morgan fingerprint density at radius 1 is 1.10 bits per heavy atom. The van der Waals surface area contributed by atoms with E-state index in [1.165, 1.54) is 0 Å². The highest BCUT2D eigenvalue weighted by Crippen LogP contribution is 2.15. The Kier molecular flexibility index (Phi) is 3.14. The summed E-state index contributed by atoms with van der Waals surface area (Å²) in [7, 11) is 0. The zero-order valence-corrected chi connectivity index (χ0v) is 10.5. The molecular weight excluding hydrogens is 256 g/mol. The van der Waals surface area contributed by atoms with Gasteiger partial charge in [-0.05, 0) is 17.7 Å². The maximum atomic E-state index is 12.0. The van der Waals surface area contributed by atoms with E-state index in [2.05, 4.69) is 15.5 Å². The SMILES string of the molecule is O=C(Nc1nnc2ccccn12)C(O)c1ccccc1. The van der Waals surface area contributed by atoms with Gasteiger partial charge in [-0.15, -0.1) is 10.2 Å². The molecule has 3 rings (SSSR count). The Bertz CT molecular complexity index is 739. The van der Waals surface area contributed by atoms with Crippen LogP contribution in [0.1, 0.15) is 11.7 Å². The molecule has 0 saturated carbocycles. The van der Waals surface area contributed by atoms with Crippen molar-refractivity contribution in [2.75, 3.05) is 5.32 Å². The van der Waals surface area contributed by atoms with Crippen LogP contribution in [-0.4, -0.2) is 25.6 Å². The van der Waals surface area contributed by atoms with Gasteiger partial charge in [0.05, 0.1) is 0 Å². The highest BCUT2D eigenvalue weighted by atomic mass is 16.3. The molecule has 2 aromatic heterocycles. The number of carbonyl (C=O) groups is 1. The van der Waals surface area contributed by atoms with Crippen LogP contribution in [0.5, 0.6) is 0 Å². The quantitative estimate of drug-likeness (QED) is 0.752. The predicted octanol–water partition coefficient (Wildman–Crippen LogP) is 1.40. The number of hydrogen-bond acceptors (Lipinski definition) is 4. The van der Waals surface area contributed by atoms with Gasteiger partial charge < -0.3 is 5.11 Å². The number of carbonyl (C=O) groups excluding carboxylic acids is 1. The van der Waals surface area contributed by atoms with E-state index >= 15 is 0 Å². The summed E-state index contributed by atoms with van der Waals surface area (Å²) in [5.41, 5.74) is 1.15. The van der Waals surface area contributed by atoms with Crippen LogP contribution >= 0.6 is 0 Å². The largest absolute Gasteiger partial charge is 0.378 e. The average molecular weight is 268 g/mol. The van der Waals surface area contributed by atoms with Gasteiger partial charge >= 0.3 is 0 Å². The van der Waals surface area contributed by atoms with E-state index in [-0.39, 0.29) is 5.95 Å². The minimum atomic E-state index is -1.24. The first-order valence-corrected chi connectivity index (χ1v) is 6.09. The number of aliphatic hydroxyl groups is 1. The Balaban J connectivity index is 1.82. The first-order chi connectivity index (χ1) is 9.75. The van der Waals surface area contributed by atoms with Crippen molar-refractivity contribution >= 4 is 17.5 Å². The van der Waals surface area contributed by atoms with Crippen LogP contribution in [0.3, 0.4) is 0 Å². The normalized spacial score (nSPS) is 12.2. The summed E-state index contributed by atoms with van der Waals surface area (Å²) in [6.07, 6.45) is 0.493. The van der Waals surface area contributed by atoms with Crippen LogP contribution in [0.2, 0.25) is 0 Å². The minimum Gasteiger partial charge on any atom is -0.378 e. The molecule has 0 aliphatic heterocycles. The second-order valence-electron chi connectivity index (χ2n) is 4.25. The molecule has 1 unspecified atom stereocenters. The van der Waals surface area contributed by atoms with Crippen molar-refractivity contribution in [1.29, 1.82) is 0 Å². The standard InChI is InChI=1S/C14H12N4O2/c19-12(10-6-2-1-3-7-10)13(20)15-14-17-16-11-8-4-5-9-18(11)14/h1-9,12,19H,(H,15,17,20). The number of aromatic nitrogens is 3.